The highest BCUT2D eigenvalue weighted by atomic mass is 16.7. The van der Waals surface area contributed by atoms with E-state index in [9.17, 15) is 10.1 Å². The molecule has 97 heavy (non-hydrogen) atoms. The lowest BCUT2D eigenvalue weighted by molar-refractivity contribution is -0.385. The number of aromatic nitrogens is 1. The maximum atomic E-state index is 10.3. The van der Waals surface area contributed by atoms with Gasteiger partial charge in [0.2, 0.25) is 6.79 Å². The minimum atomic E-state index is -0.486. The molecule has 0 spiro atoms. The van der Waals surface area contributed by atoms with Crippen LogP contribution in [0.4, 0.5) is 11.5 Å². The molecule has 1 aromatic heterocycles. The molecule has 5 fully saturated rings. The fraction of sp³-hybridized carbons (Fsp3) is 0.681. The van der Waals surface area contributed by atoms with Crippen molar-refractivity contribution in [2.24, 2.45) is 35.0 Å². The van der Waals surface area contributed by atoms with Crippen molar-refractivity contribution in [2.45, 2.75) is 103 Å². The van der Waals surface area contributed by atoms with E-state index in [4.69, 9.17) is 64.6 Å². The Balaban J connectivity index is 0.000000201. The molecule has 1 saturated carbocycles. The van der Waals surface area contributed by atoms with Crippen molar-refractivity contribution < 1.29 is 57.0 Å². The molecule has 7 aliphatic heterocycles. The number of hydrogen-bond donors (Lipinski definition) is 8. The van der Waals surface area contributed by atoms with Crippen molar-refractivity contribution in [1.29, 1.82) is 0 Å². The standard InChI is InChI=1S/C29H40N2O4.C12H16N2O2.C10H21NO4.C7H10N4O2.C7H15N.C4H9N.C3H9NO/c1-6-18-17-31-10-8-20-14-27(33-3)29(35-5)16-23(20)25(31)12-21(18)11-24-22-15-28(34-4)26(32-2)13-19(22)7-9-30-24;1-2-11-12(16-9-15-11)7-10(1)8-14-5-3-13-4-6-14;1-3-12-5-7-14-9-10-15-8-6-13-4-2-11-1;8-3-4-9-7-2-1-6(5-10-7)11(12)13;1-2-4-6-8-7-5-3-1;5-3-4-1-2-4;1-5-3-2-4/h13-16,18,21,24-25,30H,6-12,17H2,1-5H3;1-2,7,13H,3-6,8-9H2;11H,1-10H2;1-2,5H,3-4,8H2,(H,9,10);8H,1-7H2;4H,1-3,5H2;2-4H2,1H3/t18-,21?,24+,25-;;;;;;/m0....../s1. The lowest BCUT2D eigenvalue weighted by Gasteiger charge is -2.48. The monoisotopic (exact) mass is 1360 g/mol. The summed E-state index contributed by atoms with van der Waals surface area (Å²) in [5.41, 5.74) is 22.4. The van der Waals surface area contributed by atoms with Gasteiger partial charge in [-0.25, -0.2) is 4.98 Å². The molecule has 0 bridgehead atoms. The first-order chi connectivity index (χ1) is 47.6. The molecule has 25 nitrogen and oxygen atoms in total. The Morgan fingerprint density at radius 1 is 0.639 bits per heavy atom. The maximum Gasteiger partial charge on any atom is 0.287 e. The zero-order valence-electron chi connectivity index (χ0n) is 59.4. The van der Waals surface area contributed by atoms with Crippen molar-refractivity contribution in [2.75, 3.05) is 205 Å². The van der Waals surface area contributed by atoms with Crippen LogP contribution < -0.4 is 72.2 Å². The van der Waals surface area contributed by atoms with Gasteiger partial charge in [0.25, 0.3) is 5.69 Å². The van der Waals surface area contributed by atoms with Gasteiger partial charge in [0, 0.05) is 104 Å². The second-order valence-corrected chi connectivity index (χ2v) is 25.0. The lowest BCUT2D eigenvalue weighted by Crippen LogP contribution is -2.46. The third-order valence-corrected chi connectivity index (χ3v) is 18.1. The molecule has 8 heterocycles. The van der Waals surface area contributed by atoms with Crippen LogP contribution in [0, 0.1) is 27.9 Å². The van der Waals surface area contributed by atoms with Crippen molar-refractivity contribution in [3.8, 4) is 34.5 Å². The number of nitrogens with zero attached hydrogens (tertiary/aromatic N) is 4. The van der Waals surface area contributed by atoms with Gasteiger partial charge in [-0.3, -0.25) is 19.9 Å². The summed E-state index contributed by atoms with van der Waals surface area (Å²) in [5, 5.41) is 27.0. The molecule has 4 aromatic rings. The van der Waals surface area contributed by atoms with E-state index in [0.29, 0.717) is 102 Å². The number of methoxy groups -OCH3 is 5. The van der Waals surface area contributed by atoms with E-state index in [1.54, 1.807) is 41.6 Å². The number of pyridine rings is 1. The Morgan fingerprint density at radius 2 is 1.23 bits per heavy atom. The summed E-state index contributed by atoms with van der Waals surface area (Å²) in [7, 11) is 8.53. The van der Waals surface area contributed by atoms with Crippen LogP contribution in [0.15, 0.2) is 60.8 Å². The molecule has 25 heteroatoms. The van der Waals surface area contributed by atoms with Crippen LogP contribution >= 0.6 is 0 Å². The van der Waals surface area contributed by atoms with Crippen LogP contribution in [0.1, 0.15) is 111 Å². The minimum Gasteiger partial charge on any atom is -0.493 e. The molecule has 12 rings (SSSR count). The summed E-state index contributed by atoms with van der Waals surface area (Å²) in [6, 6.07) is 18.8. The Morgan fingerprint density at radius 3 is 1.77 bits per heavy atom. The number of piperidine rings is 1. The number of rotatable bonds is 16. The second kappa shape index (κ2) is 48.1. The first-order valence-electron chi connectivity index (χ1n) is 35.5. The average Bonchev–Trinajstić information content (AvgIpc) is 1.16. The van der Waals surface area contributed by atoms with Gasteiger partial charge in [-0.2, -0.15) is 0 Å². The molecule has 4 atom stereocenters. The van der Waals surface area contributed by atoms with Gasteiger partial charge in [0.15, 0.2) is 34.5 Å². The molecule has 1 aliphatic carbocycles. The third kappa shape index (κ3) is 29.5. The van der Waals surface area contributed by atoms with E-state index in [1.165, 1.54) is 118 Å². The number of hydrogen-bond acceptors (Lipinski definition) is 24. The molecule has 1 unspecified atom stereocenters. The van der Waals surface area contributed by atoms with Crippen LogP contribution in [0.3, 0.4) is 0 Å². The highest BCUT2D eigenvalue weighted by Gasteiger charge is 2.40. The van der Waals surface area contributed by atoms with Crippen molar-refractivity contribution in [3.05, 3.63) is 98.7 Å². The van der Waals surface area contributed by atoms with Crippen LogP contribution in [0.2, 0.25) is 0 Å². The Bertz CT molecular complexity index is 2660. The van der Waals surface area contributed by atoms with Gasteiger partial charge in [0.05, 0.1) is 92.8 Å². The van der Waals surface area contributed by atoms with Crippen LogP contribution in [0.25, 0.3) is 0 Å². The molecular weight excluding hydrogens is 1240 g/mol. The lowest BCUT2D eigenvalue weighted by atomic mass is 9.72. The number of nitrogens with one attached hydrogen (secondary N) is 5. The normalized spacial score (nSPS) is 21.2. The number of ether oxygens (including phenoxy) is 11. The van der Waals surface area contributed by atoms with E-state index in [0.717, 1.165) is 138 Å². The zero-order valence-corrected chi connectivity index (χ0v) is 59.4. The highest BCUT2D eigenvalue weighted by molar-refractivity contribution is 5.51. The van der Waals surface area contributed by atoms with E-state index >= 15 is 0 Å². The fourth-order valence-electron chi connectivity index (χ4n) is 12.5. The molecule has 4 saturated heterocycles. The van der Waals surface area contributed by atoms with Crippen LogP contribution in [-0.4, -0.2) is 220 Å². The summed E-state index contributed by atoms with van der Waals surface area (Å²) in [6.07, 6.45) is 16.7. The molecule has 3 aromatic carbocycles. The topological polar surface area (TPSA) is 302 Å². The number of piperazine rings is 1. The summed E-state index contributed by atoms with van der Waals surface area (Å²) in [6.45, 7) is 24.2. The number of nitro groups is 1. The van der Waals surface area contributed by atoms with Gasteiger partial charge in [-0.1, -0.05) is 38.7 Å². The third-order valence-electron chi connectivity index (χ3n) is 18.1. The Hall–Kier alpha value is -5.75. The number of anilines is 1. The summed E-state index contributed by atoms with van der Waals surface area (Å²) < 4.78 is 59.0. The van der Waals surface area contributed by atoms with E-state index in [-0.39, 0.29) is 5.69 Å². The van der Waals surface area contributed by atoms with Crippen molar-refractivity contribution in [3.63, 3.8) is 0 Å². The van der Waals surface area contributed by atoms with Gasteiger partial charge >= 0.3 is 0 Å². The SMILES string of the molecule is C1CCCNCCC1.C1COCCOCCOCCOCCN1.CC[C@H]1CN2CCc3cc(OC)c(OC)cc3[C@@H]2CC1C[C@H]1NCCc2cc(OC)c(OC)cc21.COCCN.NCC1CC1.NCCNc1ccc([N+](=O)[O-])cn1.c1cc2c(cc1CN1CCNCC1)OCO2. The number of benzene rings is 3. The quantitative estimate of drug-likeness (QED) is 0.0404. The minimum absolute atomic E-state index is 0.0155. The number of fused-ring (bicyclic) bond motifs is 5. The molecule has 0 amide bonds. The summed E-state index contributed by atoms with van der Waals surface area (Å²) >= 11 is 0. The summed E-state index contributed by atoms with van der Waals surface area (Å²) in [5.74, 6) is 7.94. The van der Waals surface area contributed by atoms with Crippen molar-refractivity contribution >= 4 is 11.5 Å². The van der Waals surface area contributed by atoms with Gasteiger partial charge in [-0.05, 0) is 166 Å². The number of nitrogens with two attached hydrogens (primary N) is 3. The smallest absolute Gasteiger partial charge is 0.287 e. The van der Waals surface area contributed by atoms with Gasteiger partial charge < -0.3 is 95.9 Å². The van der Waals surface area contributed by atoms with E-state index < -0.39 is 4.92 Å². The molecule has 8 aliphatic rings. The van der Waals surface area contributed by atoms with Crippen molar-refractivity contribution in [1.82, 2.24) is 36.1 Å². The summed E-state index contributed by atoms with van der Waals surface area (Å²) in [4.78, 5) is 18.8. The highest BCUT2D eigenvalue weighted by Crippen LogP contribution is 2.48. The van der Waals surface area contributed by atoms with Crippen LogP contribution in [0.5, 0.6) is 34.5 Å². The Labute approximate surface area is 578 Å². The maximum absolute atomic E-state index is 10.3. The van der Waals surface area contributed by atoms with E-state index in [2.05, 4.69) is 89.4 Å². The largest absolute Gasteiger partial charge is 0.493 e. The van der Waals surface area contributed by atoms with E-state index in [1.807, 2.05) is 6.07 Å². The molecule has 11 N–H and O–H groups in total. The Kier molecular flexibility index (Phi) is 39.8. The fourth-order valence-corrected chi connectivity index (χ4v) is 12.5. The zero-order chi connectivity index (χ0) is 69.1. The van der Waals surface area contributed by atoms with Gasteiger partial charge in [-0.15, -0.1) is 0 Å². The predicted octanol–water partition coefficient (Wildman–Crippen LogP) is 7.27. The van der Waals surface area contributed by atoms with Crippen LogP contribution in [-0.2, 0) is 43.1 Å². The molecule has 0 radical (unpaired) electrons. The second-order valence-electron chi connectivity index (χ2n) is 25.0. The molecule has 546 valence electrons. The predicted molar refractivity (Wildman–Crippen MR) is 382 cm³/mol. The first kappa shape index (κ1) is 80.2. The molecular formula is C72H120N12O13. The van der Waals surface area contributed by atoms with Gasteiger partial charge in [0.1, 0.15) is 12.0 Å². The first-order valence-corrected chi connectivity index (χ1v) is 35.5. The average molecular weight is 1360 g/mol.